The minimum absolute atomic E-state index is 0.239. The molecule has 0 fully saturated rings. The van der Waals surface area contributed by atoms with Crippen molar-refractivity contribution in [2.24, 2.45) is 0 Å². The van der Waals surface area contributed by atoms with Crippen LogP contribution in [0.3, 0.4) is 0 Å². The minimum Gasteiger partial charge on any atom is -0.369 e. The first-order chi connectivity index (χ1) is 7.83. The van der Waals surface area contributed by atoms with Gasteiger partial charge in [-0.05, 0) is 29.8 Å². The fourth-order valence-electron chi connectivity index (χ4n) is 1.25. The fraction of sp³-hybridized carbons (Fsp3) is 0.667. The lowest BCUT2D eigenvalue weighted by atomic mass is 10.3. The molecular formula is C12H20BrN3S. The van der Waals surface area contributed by atoms with Crippen molar-refractivity contribution in [3.63, 3.8) is 0 Å². The van der Waals surface area contributed by atoms with E-state index in [1.54, 1.807) is 0 Å². The molecule has 0 aromatic carbocycles. The Kier molecular flexibility index (Phi) is 5.25. The van der Waals surface area contributed by atoms with Crippen LogP contribution in [-0.4, -0.2) is 21.3 Å². The molecule has 1 heterocycles. The van der Waals surface area contributed by atoms with Crippen LogP contribution >= 0.6 is 27.7 Å². The summed E-state index contributed by atoms with van der Waals surface area (Å²) in [4.78, 5) is 9.04. The standard InChI is InChI=1S/C12H20BrN3S/c1-6-14-11-10(13)8(2)15-9(16-11)7-17-12(3,4)5/h6-7H2,1-5H3,(H,14,15,16). The molecule has 5 heteroatoms. The van der Waals surface area contributed by atoms with E-state index in [0.29, 0.717) is 0 Å². The summed E-state index contributed by atoms with van der Waals surface area (Å²) in [5, 5.41) is 3.25. The molecule has 1 aromatic rings. The van der Waals surface area contributed by atoms with E-state index in [1.807, 2.05) is 18.7 Å². The number of nitrogens with zero attached hydrogens (tertiary/aromatic N) is 2. The summed E-state index contributed by atoms with van der Waals surface area (Å²) in [5.74, 6) is 2.63. The van der Waals surface area contributed by atoms with Crippen LogP contribution in [0.15, 0.2) is 4.47 Å². The van der Waals surface area contributed by atoms with Gasteiger partial charge in [0.25, 0.3) is 0 Å². The lowest BCUT2D eigenvalue weighted by Gasteiger charge is -2.17. The Morgan fingerprint density at radius 1 is 1.29 bits per heavy atom. The zero-order valence-electron chi connectivity index (χ0n) is 11.1. The molecule has 0 bridgehead atoms. The van der Waals surface area contributed by atoms with Crippen LogP contribution in [0.4, 0.5) is 5.82 Å². The molecule has 0 aliphatic rings. The monoisotopic (exact) mass is 317 g/mol. The highest BCUT2D eigenvalue weighted by molar-refractivity contribution is 9.10. The smallest absolute Gasteiger partial charge is 0.144 e. The number of halogens is 1. The van der Waals surface area contributed by atoms with Crippen LogP contribution in [0.2, 0.25) is 0 Å². The lowest BCUT2D eigenvalue weighted by Crippen LogP contribution is -2.10. The molecule has 0 saturated carbocycles. The van der Waals surface area contributed by atoms with Crippen molar-refractivity contribution in [2.45, 2.75) is 45.1 Å². The van der Waals surface area contributed by atoms with Crippen LogP contribution in [-0.2, 0) is 5.75 Å². The molecule has 1 N–H and O–H groups in total. The Bertz CT molecular complexity index is 388. The number of anilines is 1. The van der Waals surface area contributed by atoms with Crippen molar-refractivity contribution in [1.29, 1.82) is 0 Å². The second-order valence-electron chi connectivity index (χ2n) is 4.82. The summed E-state index contributed by atoms with van der Waals surface area (Å²) in [7, 11) is 0. The second-order valence-corrected chi connectivity index (χ2v) is 7.41. The van der Waals surface area contributed by atoms with Gasteiger partial charge in [0.2, 0.25) is 0 Å². The Labute approximate surface area is 116 Å². The summed E-state index contributed by atoms with van der Waals surface area (Å²) in [5.41, 5.74) is 0.987. The lowest BCUT2D eigenvalue weighted by molar-refractivity contribution is 0.799. The number of hydrogen-bond donors (Lipinski definition) is 1. The van der Waals surface area contributed by atoms with Gasteiger partial charge in [0, 0.05) is 11.3 Å². The average Bonchev–Trinajstić information content (AvgIpc) is 2.21. The molecule has 0 radical (unpaired) electrons. The minimum atomic E-state index is 0.239. The van der Waals surface area contributed by atoms with Gasteiger partial charge in [0.1, 0.15) is 11.6 Å². The quantitative estimate of drug-likeness (QED) is 0.910. The van der Waals surface area contributed by atoms with Crippen LogP contribution < -0.4 is 5.32 Å². The SMILES string of the molecule is CCNc1nc(CSC(C)(C)C)nc(C)c1Br. The topological polar surface area (TPSA) is 37.8 Å². The van der Waals surface area contributed by atoms with Crippen molar-refractivity contribution in [3.05, 3.63) is 16.0 Å². The maximum absolute atomic E-state index is 4.54. The van der Waals surface area contributed by atoms with E-state index in [2.05, 4.69) is 58.9 Å². The number of thioether (sulfide) groups is 1. The second kappa shape index (κ2) is 6.05. The first-order valence-corrected chi connectivity index (χ1v) is 7.52. The highest BCUT2D eigenvalue weighted by Gasteiger charge is 2.14. The molecule has 0 spiro atoms. The van der Waals surface area contributed by atoms with Crippen molar-refractivity contribution < 1.29 is 0 Å². The van der Waals surface area contributed by atoms with E-state index in [0.717, 1.165) is 34.1 Å². The third kappa shape index (κ3) is 4.84. The number of aryl methyl sites for hydroxylation is 1. The molecule has 0 atom stereocenters. The van der Waals surface area contributed by atoms with Gasteiger partial charge >= 0.3 is 0 Å². The highest BCUT2D eigenvalue weighted by atomic mass is 79.9. The van der Waals surface area contributed by atoms with E-state index < -0.39 is 0 Å². The molecule has 1 rings (SSSR count). The summed E-state index contributed by atoms with van der Waals surface area (Å²) in [6.45, 7) is 11.5. The largest absolute Gasteiger partial charge is 0.369 e. The van der Waals surface area contributed by atoms with E-state index in [9.17, 15) is 0 Å². The molecule has 0 unspecified atom stereocenters. The van der Waals surface area contributed by atoms with Crippen molar-refractivity contribution in [2.75, 3.05) is 11.9 Å². The van der Waals surface area contributed by atoms with Crippen LogP contribution in [0.1, 0.15) is 39.2 Å². The summed E-state index contributed by atoms with van der Waals surface area (Å²) < 4.78 is 1.20. The highest BCUT2D eigenvalue weighted by Crippen LogP contribution is 2.28. The Hall–Kier alpha value is -0.290. The van der Waals surface area contributed by atoms with E-state index in [-0.39, 0.29) is 4.75 Å². The maximum atomic E-state index is 4.54. The number of nitrogens with one attached hydrogen (secondary N) is 1. The molecule has 0 aliphatic heterocycles. The van der Waals surface area contributed by atoms with Crippen LogP contribution in [0.25, 0.3) is 0 Å². The third-order valence-electron chi connectivity index (χ3n) is 2.04. The summed E-state index contributed by atoms with van der Waals surface area (Å²) >= 11 is 5.37. The number of rotatable bonds is 4. The normalized spacial score (nSPS) is 11.6. The Morgan fingerprint density at radius 3 is 2.47 bits per heavy atom. The summed E-state index contributed by atoms with van der Waals surface area (Å²) in [6.07, 6.45) is 0. The van der Waals surface area contributed by atoms with Gasteiger partial charge in [0.15, 0.2) is 0 Å². The van der Waals surface area contributed by atoms with Gasteiger partial charge in [-0.2, -0.15) is 0 Å². The van der Waals surface area contributed by atoms with E-state index >= 15 is 0 Å². The average molecular weight is 318 g/mol. The van der Waals surface area contributed by atoms with Crippen LogP contribution in [0.5, 0.6) is 0 Å². The molecule has 3 nitrogen and oxygen atoms in total. The predicted molar refractivity (Wildman–Crippen MR) is 79.7 cm³/mol. The van der Waals surface area contributed by atoms with Gasteiger partial charge in [0.05, 0.1) is 15.9 Å². The molecule has 17 heavy (non-hydrogen) atoms. The molecule has 1 aromatic heterocycles. The molecule has 0 amide bonds. The zero-order chi connectivity index (χ0) is 13.1. The zero-order valence-corrected chi connectivity index (χ0v) is 13.5. The fourth-order valence-corrected chi connectivity index (χ4v) is 2.26. The van der Waals surface area contributed by atoms with E-state index in [4.69, 9.17) is 0 Å². The van der Waals surface area contributed by atoms with Gasteiger partial charge in [-0.25, -0.2) is 9.97 Å². The molecule has 0 saturated heterocycles. The third-order valence-corrected chi connectivity index (χ3v) is 4.26. The number of aromatic nitrogens is 2. The van der Waals surface area contributed by atoms with E-state index in [1.165, 1.54) is 0 Å². The van der Waals surface area contributed by atoms with Gasteiger partial charge < -0.3 is 5.32 Å². The molecular weight excluding hydrogens is 298 g/mol. The van der Waals surface area contributed by atoms with Crippen molar-refractivity contribution in [3.8, 4) is 0 Å². The summed E-state index contributed by atoms with van der Waals surface area (Å²) in [6, 6.07) is 0. The first kappa shape index (κ1) is 14.8. The Balaban J connectivity index is 2.86. The number of hydrogen-bond acceptors (Lipinski definition) is 4. The molecule has 96 valence electrons. The van der Waals surface area contributed by atoms with Crippen molar-refractivity contribution in [1.82, 2.24) is 9.97 Å². The van der Waals surface area contributed by atoms with Gasteiger partial charge in [-0.1, -0.05) is 20.8 Å². The molecule has 0 aliphatic carbocycles. The first-order valence-electron chi connectivity index (χ1n) is 5.74. The van der Waals surface area contributed by atoms with Gasteiger partial charge in [-0.15, -0.1) is 11.8 Å². The van der Waals surface area contributed by atoms with Crippen LogP contribution in [0, 0.1) is 6.92 Å². The Morgan fingerprint density at radius 2 is 1.94 bits per heavy atom. The van der Waals surface area contributed by atoms with Gasteiger partial charge in [-0.3, -0.25) is 0 Å². The maximum Gasteiger partial charge on any atom is 0.144 e. The van der Waals surface area contributed by atoms with Crippen molar-refractivity contribution >= 4 is 33.5 Å². The predicted octanol–water partition coefficient (Wildman–Crippen LogP) is 4.01.